The molecule has 0 atom stereocenters. The first-order chi connectivity index (χ1) is 7.54. The van der Waals surface area contributed by atoms with Crippen molar-refractivity contribution >= 4 is 28.9 Å². The Kier molecular flexibility index (Phi) is 4.02. The highest BCUT2D eigenvalue weighted by atomic mass is 35.5. The number of benzene rings is 1. The van der Waals surface area contributed by atoms with Gasteiger partial charge in [-0.2, -0.15) is 0 Å². The van der Waals surface area contributed by atoms with Crippen LogP contribution in [0.2, 0.25) is 5.02 Å². The summed E-state index contributed by atoms with van der Waals surface area (Å²) in [7, 11) is 0. The molecule has 84 valence electrons. The van der Waals surface area contributed by atoms with E-state index in [1.807, 2.05) is 0 Å². The number of carbonyl (C=O) groups is 1. The molecule has 1 rings (SSSR count). The molecule has 1 aromatic carbocycles. The van der Waals surface area contributed by atoms with Crippen LogP contribution in [0.3, 0.4) is 0 Å². The maximum atomic E-state index is 11.2. The molecule has 0 aliphatic heterocycles. The third kappa shape index (κ3) is 3.06. The Labute approximate surface area is 96.9 Å². The van der Waals surface area contributed by atoms with Crippen molar-refractivity contribution in [1.82, 2.24) is 0 Å². The standard InChI is InChI=1S/C10H9ClN2O3/c1-2-3-10(14)12-7-4-5-8(11)9(6-7)13(15)16/h2-6H,1H3,(H,12,14). The van der Waals surface area contributed by atoms with Crippen LogP contribution in [0.25, 0.3) is 0 Å². The normalized spacial score (nSPS) is 10.4. The summed E-state index contributed by atoms with van der Waals surface area (Å²) < 4.78 is 0. The van der Waals surface area contributed by atoms with E-state index in [1.54, 1.807) is 13.0 Å². The number of rotatable bonds is 3. The number of anilines is 1. The highest BCUT2D eigenvalue weighted by Crippen LogP contribution is 2.27. The third-order valence-corrected chi connectivity index (χ3v) is 2.05. The number of carbonyl (C=O) groups excluding carboxylic acids is 1. The molecule has 0 radical (unpaired) electrons. The van der Waals surface area contributed by atoms with Gasteiger partial charge in [-0.1, -0.05) is 17.7 Å². The smallest absolute Gasteiger partial charge is 0.289 e. The van der Waals surface area contributed by atoms with E-state index < -0.39 is 4.92 Å². The van der Waals surface area contributed by atoms with Crippen molar-refractivity contribution in [2.24, 2.45) is 0 Å². The molecule has 0 heterocycles. The predicted molar refractivity (Wildman–Crippen MR) is 61.6 cm³/mol. The summed E-state index contributed by atoms with van der Waals surface area (Å²) in [5.41, 5.74) is 0.0964. The fraction of sp³-hybridized carbons (Fsp3) is 0.100. The van der Waals surface area contributed by atoms with E-state index in [4.69, 9.17) is 11.6 Å². The van der Waals surface area contributed by atoms with Crippen molar-refractivity contribution in [1.29, 1.82) is 0 Å². The number of nitro benzene ring substituents is 1. The second-order valence-electron chi connectivity index (χ2n) is 2.91. The third-order valence-electron chi connectivity index (χ3n) is 1.73. The van der Waals surface area contributed by atoms with Crippen LogP contribution in [0, 0.1) is 10.1 Å². The van der Waals surface area contributed by atoms with Crippen LogP contribution >= 0.6 is 11.6 Å². The fourth-order valence-electron chi connectivity index (χ4n) is 1.07. The molecular weight excluding hydrogens is 232 g/mol. The van der Waals surface area contributed by atoms with Crippen LogP contribution in [0.5, 0.6) is 0 Å². The maximum absolute atomic E-state index is 11.2. The van der Waals surface area contributed by atoms with Crippen LogP contribution in [-0.2, 0) is 4.79 Å². The summed E-state index contributed by atoms with van der Waals surface area (Å²) in [5, 5.41) is 13.1. The van der Waals surface area contributed by atoms with Gasteiger partial charge in [0.05, 0.1) is 4.92 Å². The van der Waals surface area contributed by atoms with Crippen molar-refractivity contribution in [2.45, 2.75) is 6.92 Å². The van der Waals surface area contributed by atoms with Crippen molar-refractivity contribution in [3.8, 4) is 0 Å². The summed E-state index contributed by atoms with van der Waals surface area (Å²) in [6.07, 6.45) is 2.89. The zero-order valence-electron chi connectivity index (χ0n) is 8.44. The minimum atomic E-state index is -0.604. The molecule has 6 heteroatoms. The lowest BCUT2D eigenvalue weighted by molar-refractivity contribution is -0.384. The van der Waals surface area contributed by atoms with E-state index in [9.17, 15) is 14.9 Å². The predicted octanol–water partition coefficient (Wildman–Crippen LogP) is 2.76. The number of allylic oxidation sites excluding steroid dienone is 1. The van der Waals surface area contributed by atoms with Crippen LogP contribution in [0.1, 0.15) is 6.92 Å². The second kappa shape index (κ2) is 5.27. The average Bonchev–Trinajstić information content (AvgIpc) is 2.21. The minimum absolute atomic E-state index is 0.0361. The molecule has 1 amide bonds. The van der Waals surface area contributed by atoms with Crippen molar-refractivity contribution in [3.63, 3.8) is 0 Å². The highest BCUT2D eigenvalue weighted by molar-refractivity contribution is 6.32. The molecular formula is C10H9ClN2O3. The SMILES string of the molecule is CC=CC(=O)Nc1ccc(Cl)c([N+](=O)[O-])c1. The van der Waals surface area contributed by atoms with E-state index in [0.717, 1.165) is 0 Å². The van der Waals surface area contributed by atoms with Gasteiger partial charge in [0.25, 0.3) is 5.69 Å². The Morgan fingerprint density at radius 1 is 1.56 bits per heavy atom. The van der Waals surface area contributed by atoms with Gasteiger partial charge in [0.15, 0.2) is 0 Å². The number of nitro groups is 1. The van der Waals surface area contributed by atoms with E-state index in [-0.39, 0.29) is 16.6 Å². The summed E-state index contributed by atoms with van der Waals surface area (Å²) in [4.78, 5) is 21.2. The summed E-state index contributed by atoms with van der Waals surface area (Å²) in [6, 6.07) is 4.07. The molecule has 0 spiro atoms. The number of halogens is 1. The zero-order valence-corrected chi connectivity index (χ0v) is 9.19. The van der Waals surface area contributed by atoms with Gasteiger partial charge in [0.2, 0.25) is 5.91 Å². The number of hydrogen-bond donors (Lipinski definition) is 1. The Bertz CT molecular complexity index is 457. The number of nitrogens with zero attached hydrogens (tertiary/aromatic N) is 1. The topological polar surface area (TPSA) is 72.2 Å². The Balaban J connectivity index is 2.95. The van der Waals surface area contributed by atoms with Gasteiger partial charge in [-0.3, -0.25) is 14.9 Å². The van der Waals surface area contributed by atoms with Gasteiger partial charge in [0, 0.05) is 11.8 Å². The van der Waals surface area contributed by atoms with Crippen LogP contribution in [-0.4, -0.2) is 10.8 Å². The number of hydrogen-bond acceptors (Lipinski definition) is 3. The first kappa shape index (κ1) is 12.2. The molecule has 1 aromatic rings. The van der Waals surface area contributed by atoms with Gasteiger partial charge in [-0.05, 0) is 25.1 Å². The molecule has 0 aromatic heterocycles. The Hall–Kier alpha value is -1.88. The van der Waals surface area contributed by atoms with E-state index >= 15 is 0 Å². The summed E-state index contributed by atoms with van der Waals surface area (Å²) >= 11 is 5.62. The average molecular weight is 241 g/mol. The molecule has 0 bridgehead atoms. The Morgan fingerprint density at radius 3 is 2.81 bits per heavy atom. The van der Waals surface area contributed by atoms with Gasteiger partial charge in [-0.15, -0.1) is 0 Å². The van der Waals surface area contributed by atoms with Crippen LogP contribution in [0.4, 0.5) is 11.4 Å². The molecule has 0 aliphatic carbocycles. The maximum Gasteiger partial charge on any atom is 0.289 e. The minimum Gasteiger partial charge on any atom is -0.322 e. The van der Waals surface area contributed by atoms with Crippen molar-refractivity contribution in [2.75, 3.05) is 5.32 Å². The molecule has 0 saturated carbocycles. The highest BCUT2D eigenvalue weighted by Gasteiger charge is 2.13. The molecule has 16 heavy (non-hydrogen) atoms. The lowest BCUT2D eigenvalue weighted by Gasteiger charge is -2.02. The van der Waals surface area contributed by atoms with Gasteiger partial charge < -0.3 is 5.32 Å². The zero-order chi connectivity index (χ0) is 12.1. The molecule has 1 N–H and O–H groups in total. The van der Waals surface area contributed by atoms with E-state index in [2.05, 4.69) is 5.32 Å². The number of nitrogens with one attached hydrogen (secondary N) is 1. The largest absolute Gasteiger partial charge is 0.322 e. The molecule has 0 unspecified atom stereocenters. The summed E-state index contributed by atoms with van der Waals surface area (Å²) in [6.45, 7) is 1.70. The number of amides is 1. The Morgan fingerprint density at radius 2 is 2.25 bits per heavy atom. The molecule has 5 nitrogen and oxygen atoms in total. The quantitative estimate of drug-likeness (QED) is 0.502. The second-order valence-corrected chi connectivity index (χ2v) is 3.32. The van der Waals surface area contributed by atoms with Crippen LogP contribution < -0.4 is 5.32 Å². The molecule has 0 aliphatic rings. The van der Waals surface area contributed by atoms with Crippen molar-refractivity contribution < 1.29 is 9.72 Å². The van der Waals surface area contributed by atoms with E-state index in [1.165, 1.54) is 24.3 Å². The lowest BCUT2D eigenvalue weighted by Crippen LogP contribution is -2.07. The summed E-state index contributed by atoms with van der Waals surface area (Å²) in [5.74, 6) is -0.348. The van der Waals surface area contributed by atoms with Crippen molar-refractivity contribution in [3.05, 3.63) is 45.5 Å². The van der Waals surface area contributed by atoms with Gasteiger partial charge in [-0.25, -0.2) is 0 Å². The monoisotopic (exact) mass is 240 g/mol. The fourth-order valence-corrected chi connectivity index (χ4v) is 1.25. The molecule has 0 fully saturated rings. The molecule has 0 saturated heterocycles. The first-order valence-corrected chi connectivity index (χ1v) is 4.80. The first-order valence-electron chi connectivity index (χ1n) is 4.42. The lowest BCUT2D eigenvalue weighted by atomic mass is 10.2. The van der Waals surface area contributed by atoms with Crippen LogP contribution in [0.15, 0.2) is 30.4 Å². The van der Waals surface area contributed by atoms with E-state index in [0.29, 0.717) is 5.69 Å². The van der Waals surface area contributed by atoms with Gasteiger partial charge in [0.1, 0.15) is 5.02 Å². The van der Waals surface area contributed by atoms with Gasteiger partial charge >= 0.3 is 0 Å².